The molecule has 4 aromatic rings. The summed E-state index contributed by atoms with van der Waals surface area (Å²) in [5.74, 6) is 1.63. The minimum atomic E-state index is -0.690. The van der Waals surface area contributed by atoms with Crippen molar-refractivity contribution in [3.63, 3.8) is 0 Å². The van der Waals surface area contributed by atoms with Crippen molar-refractivity contribution >= 4 is 29.0 Å². The van der Waals surface area contributed by atoms with E-state index in [1.165, 1.54) is 11.3 Å². The molecule has 1 amide bonds. The molecule has 2 heterocycles. The summed E-state index contributed by atoms with van der Waals surface area (Å²) in [5.41, 5.74) is 2.79. The Morgan fingerprint density at radius 3 is 2.42 bits per heavy atom. The molecule has 0 spiro atoms. The van der Waals surface area contributed by atoms with E-state index >= 15 is 0 Å². The number of amides is 1. The Hall–Kier alpha value is -4.63. The number of carbonyl (C=O) groups excluding carboxylic acids is 1. The van der Waals surface area contributed by atoms with Gasteiger partial charge in [0, 0.05) is 11.3 Å². The van der Waals surface area contributed by atoms with Gasteiger partial charge in [0.1, 0.15) is 17.2 Å². The van der Waals surface area contributed by atoms with Crippen LogP contribution in [-0.2, 0) is 4.79 Å². The predicted octanol–water partition coefficient (Wildman–Crippen LogP) is 4.29. The first-order valence-corrected chi connectivity index (χ1v) is 13.6. The first kappa shape index (κ1) is 27.0. The Labute approximate surface area is 235 Å². The Kier molecular flexibility index (Phi) is 7.84. The van der Waals surface area contributed by atoms with E-state index in [0.717, 1.165) is 5.56 Å². The van der Waals surface area contributed by atoms with Crippen LogP contribution in [0, 0.1) is 0 Å². The van der Waals surface area contributed by atoms with E-state index in [2.05, 4.69) is 5.32 Å². The summed E-state index contributed by atoms with van der Waals surface area (Å²) < 4.78 is 18.6. The summed E-state index contributed by atoms with van der Waals surface area (Å²) >= 11 is 1.26. The zero-order valence-corrected chi connectivity index (χ0v) is 23.5. The van der Waals surface area contributed by atoms with Gasteiger partial charge in [-0.3, -0.25) is 14.2 Å². The number of fused-ring (bicyclic) bond motifs is 1. The molecule has 0 radical (unpaired) electrons. The molecule has 0 saturated heterocycles. The molecule has 0 fully saturated rings. The van der Waals surface area contributed by atoms with E-state index in [4.69, 9.17) is 19.2 Å². The standard InChI is InChI=1S/C31H29N3O5S/c1-5-39-23-13-11-20(12-14-23)28-27(29(35)33-22-9-7-6-8-10-22)19(2)32-31-34(28)30(36)26(40-31)18-21-17-24(37-3)15-16-25(21)38-4/h6-18,28H,5H2,1-4H3,(H,33,35)/b26-18-/t28-/m0/s1. The molecule has 1 aliphatic rings. The molecule has 5 rings (SSSR count). The number of anilines is 1. The molecule has 0 saturated carbocycles. The molecule has 1 atom stereocenters. The average Bonchev–Trinajstić information content (AvgIpc) is 3.27. The fraction of sp³-hybridized carbons (Fsp3) is 0.194. The van der Waals surface area contributed by atoms with Crippen LogP contribution in [0.5, 0.6) is 17.2 Å². The number of nitrogens with one attached hydrogen (secondary N) is 1. The summed E-state index contributed by atoms with van der Waals surface area (Å²) in [6.45, 7) is 4.25. The summed E-state index contributed by atoms with van der Waals surface area (Å²) in [5, 5.41) is 2.97. The van der Waals surface area contributed by atoms with Gasteiger partial charge < -0.3 is 19.5 Å². The first-order chi connectivity index (χ1) is 19.4. The molecule has 1 aromatic heterocycles. The molecule has 9 heteroatoms. The van der Waals surface area contributed by atoms with Crippen molar-refractivity contribution in [3.8, 4) is 17.2 Å². The largest absolute Gasteiger partial charge is 0.497 e. The zero-order chi connectivity index (χ0) is 28.2. The lowest BCUT2D eigenvalue weighted by molar-refractivity contribution is -0.113. The number of benzene rings is 3. The third-order valence-electron chi connectivity index (χ3n) is 6.53. The lowest BCUT2D eigenvalue weighted by atomic mass is 9.95. The zero-order valence-electron chi connectivity index (χ0n) is 22.6. The van der Waals surface area contributed by atoms with Gasteiger partial charge in [0.25, 0.3) is 11.5 Å². The molecule has 3 aromatic carbocycles. The van der Waals surface area contributed by atoms with Crippen LogP contribution in [0.1, 0.15) is 31.0 Å². The van der Waals surface area contributed by atoms with Gasteiger partial charge in [0.2, 0.25) is 0 Å². The lowest BCUT2D eigenvalue weighted by Crippen LogP contribution is -2.40. The minimum absolute atomic E-state index is 0.259. The highest BCUT2D eigenvalue weighted by Gasteiger charge is 2.32. The van der Waals surface area contributed by atoms with E-state index in [-0.39, 0.29) is 11.5 Å². The van der Waals surface area contributed by atoms with Crippen LogP contribution >= 0.6 is 11.3 Å². The van der Waals surface area contributed by atoms with Gasteiger partial charge in [-0.05, 0) is 68.0 Å². The van der Waals surface area contributed by atoms with Gasteiger partial charge in [-0.15, -0.1) is 0 Å². The Balaban J connectivity index is 1.68. The van der Waals surface area contributed by atoms with Crippen molar-refractivity contribution in [2.45, 2.75) is 19.9 Å². The highest BCUT2D eigenvalue weighted by atomic mass is 32.1. The Morgan fingerprint density at radius 1 is 1.02 bits per heavy atom. The second-order valence-electron chi connectivity index (χ2n) is 9.01. The van der Waals surface area contributed by atoms with Crippen molar-refractivity contribution in [2.24, 2.45) is 4.99 Å². The van der Waals surface area contributed by atoms with Crippen molar-refractivity contribution in [3.05, 3.63) is 115 Å². The maximum atomic E-state index is 14.0. The molecular weight excluding hydrogens is 526 g/mol. The second-order valence-corrected chi connectivity index (χ2v) is 10.0. The Morgan fingerprint density at radius 2 is 1.75 bits per heavy atom. The fourth-order valence-corrected chi connectivity index (χ4v) is 5.69. The number of ether oxygens (including phenoxy) is 3. The van der Waals surface area contributed by atoms with E-state index < -0.39 is 6.04 Å². The quantitative estimate of drug-likeness (QED) is 0.350. The van der Waals surface area contributed by atoms with Crippen LogP contribution in [0.15, 0.2) is 93.9 Å². The average molecular weight is 556 g/mol. The number of methoxy groups -OCH3 is 2. The van der Waals surface area contributed by atoms with E-state index in [9.17, 15) is 9.59 Å². The summed E-state index contributed by atoms with van der Waals surface area (Å²) in [4.78, 5) is 32.9. The first-order valence-electron chi connectivity index (χ1n) is 12.8. The monoisotopic (exact) mass is 555 g/mol. The van der Waals surface area contributed by atoms with Gasteiger partial charge in [-0.1, -0.05) is 41.7 Å². The van der Waals surface area contributed by atoms with Crippen LogP contribution in [0.3, 0.4) is 0 Å². The SMILES string of the molecule is CCOc1ccc([C@H]2C(C(=O)Nc3ccccc3)=C(C)N=c3s/c(=C\c4cc(OC)ccc4OC)c(=O)n32)cc1. The van der Waals surface area contributed by atoms with Gasteiger partial charge in [0.15, 0.2) is 4.80 Å². The number of para-hydroxylation sites is 1. The van der Waals surface area contributed by atoms with Crippen molar-refractivity contribution < 1.29 is 19.0 Å². The van der Waals surface area contributed by atoms with Crippen LogP contribution in [0.2, 0.25) is 0 Å². The normalized spacial score (nSPS) is 14.8. The van der Waals surface area contributed by atoms with Crippen molar-refractivity contribution in [1.29, 1.82) is 0 Å². The highest BCUT2D eigenvalue weighted by molar-refractivity contribution is 7.07. The molecule has 0 aliphatic carbocycles. The number of allylic oxidation sites excluding steroid dienone is 1. The van der Waals surface area contributed by atoms with Crippen molar-refractivity contribution in [2.75, 3.05) is 26.1 Å². The lowest BCUT2D eigenvalue weighted by Gasteiger charge is -2.25. The van der Waals surface area contributed by atoms with Crippen LogP contribution < -0.4 is 34.4 Å². The molecule has 1 N–H and O–H groups in total. The maximum Gasteiger partial charge on any atom is 0.271 e. The van der Waals surface area contributed by atoms with Crippen molar-refractivity contribution in [1.82, 2.24) is 4.57 Å². The van der Waals surface area contributed by atoms with Gasteiger partial charge in [0.05, 0.1) is 42.7 Å². The molecule has 0 unspecified atom stereocenters. The summed E-state index contributed by atoms with van der Waals surface area (Å²) in [6.07, 6.45) is 1.77. The molecule has 0 bridgehead atoms. The number of hydrogen-bond acceptors (Lipinski definition) is 7. The molecule has 8 nitrogen and oxygen atoms in total. The van der Waals surface area contributed by atoms with E-state index in [1.54, 1.807) is 43.9 Å². The number of hydrogen-bond donors (Lipinski definition) is 1. The van der Waals surface area contributed by atoms with E-state index in [0.29, 0.717) is 55.7 Å². The number of aromatic nitrogens is 1. The predicted molar refractivity (Wildman–Crippen MR) is 156 cm³/mol. The van der Waals surface area contributed by atoms with Crippen LogP contribution in [-0.4, -0.2) is 31.3 Å². The van der Waals surface area contributed by atoms with Gasteiger partial charge >= 0.3 is 0 Å². The third kappa shape index (κ3) is 5.28. The maximum absolute atomic E-state index is 14.0. The number of rotatable bonds is 8. The number of thiazole rings is 1. The van der Waals surface area contributed by atoms with Crippen LogP contribution in [0.4, 0.5) is 5.69 Å². The topological polar surface area (TPSA) is 91.2 Å². The number of carbonyl (C=O) groups is 1. The molecule has 40 heavy (non-hydrogen) atoms. The Bertz CT molecular complexity index is 1760. The smallest absolute Gasteiger partial charge is 0.271 e. The molecule has 1 aliphatic heterocycles. The highest BCUT2D eigenvalue weighted by Crippen LogP contribution is 2.32. The molecular formula is C31H29N3O5S. The fourth-order valence-electron chi connectivity index (χ4n) is 4.65. The summed E-state index contributed by atoms with van der Waals surface area (Å²) in [6, 6.07) is 21.4. The van der Waals surface area contributed by atoms with E-state index in [1.807, 2.05) is 67.6 Å². The summed E-state index contributed by atoms with van der Waals surface area (Å²) in [7, 11) is 3.16. The van der Waals surface area contributed by atoms with Crippen LogP contribution in [0.25, 0.3) is 6.08 Å². The number of nitrogens with zero attached hydrogens (tertiary/aromatic N) is 2. The van der Waals surface area contributed by atoms with Gasteiger partial charge in [-0.2, -0.15) is 0 Å². The minimum Gasteiger partial charge on any atom is -0.497 e. The molecule has 204 valence electrons. The second kappa shape index (κ2) is 11.6. The van der Waals surface area contributed by atoms with Gasteiger partial charge in [-0.25, -0.2) is 4.99 Å². The third-order valence-corrected chi connectivity index (χ3v) is 7.51.